The van der Waals surface area contributed by atoms with Gasteiger partial charge >= 0.3 is 12.4 Å². The summed E-state index contributed by atoms with van der Waals surface area (Å²) in [5.74, 6) is -2.90. The van der Waals surface area contributed by atoms with Crippen LogP contribution in [0.5, 0.6) is 17.4 Å². The number of carbonyl (C=O) groups is 3. The van der Waals surface area contributed by atoms with Gasteiger partial charge in [-0.3, -0.25) is 20.2 Å². The molecule has 27 heavy (non-hydrogen) atoms. The second-order valence-corrected chi connectivity index (χ2v) is 5.29. The van der Waals surface area contributed by atoms with Gasteiger partial charge in [0.25, 0.3) is 0 Å². The van der Waals surface area contributed by atoms with Crippen molar-refractivity contribution in [3.63, 3.8) is 0 Å². The molecule has 140 valence electrons. The molecule has 0 radical (unpaired) electrons. The van der Waals surface area contributed by atoms with E-state index in [0.29, 0.717) is 5.56 Å². The molecule has 3 rings (SSSR count). The normalized spacial score (nSPS) is 15.1. The van der Waals surface area contributed by atoms with E-state index in [2.05, 4.69) is 9.72 Å². The van der Waals surface area contributed by atoms with E-state index in [9.17, 15) is 27.6 Å². The molecule has 8 nitrogen and oxygen atoms in total. The Hall–Kier alpha value is -3.63. The zero-order valence-electron chi connectivity index (χ0n) is 13.2. The minimum atomic E-state index is -4.82. The van der Waals surface area contributed by atoms with Crippen molar-refractivity contribution in [2.45, 2.75) is 12.3 Å². The number of aromatic nitrogens is 1. The van der Waals surface area contributed by atoms with Gasteiger partial charge in [-0.05, 0) is 23.8 Å². The lowest BCUT2D eigenvalue weighted by Crippen LogP contribution is -2.54. The lowest BCUT2D eigenvalue weighted by Gasteiger charge is -2.20. The Morgan fingerprint density at radius 2 is 1.48 bits per heavy atom. The second kappa shape index (κ2) is 6.94. The van der Waals surface area contributed by atoms with Crippen molar-refractivity contribution in [3.8, 4) is 17.4 Å². The maximum absolute atomic E-state index is 12.1. The molecule has 2 aromatic rings. The van der Waals surface area contributed by atoms with Crippen LogP contribution in [0.3, 0.4) is 0 Å². The van der Waals surface area contributed by atoms with E-state index in [1.165, 1.54) is 30.3 Å². The molecule has 0 atom stereocenters. The van der Waals surface area contributed by atoms with E-state index in [1.54, 1.807) is 0 Å². The molecule has 0 unspecified atom stereocenters. The number of carbonyl (C=O) groups excluding carboxylic acids is 3. The lowest BCUT2D eigenvalue weighted by molar-refractivity contribution is -0.274. The third kappa shape index (κ3) is 4.51. The zero-order chi connectivity index (χ0) is 19.6. The topological polar surface area (TPSA) is 107 Å². The summed E-state index contributed by atoms with van der Waals surface area (Å²) in [7, 11) is 0. The summed E-state index contributed by atoms with van der Waals surface area (Å²) in [5, 5.41) is 3.98. The monoisotopic (exact) mass is 381 g/mol. The third-order valence-corrected chi connectivity index (χ3v) is 3.38. The molecule has 1 aliphatic rings. The van der Waals surface area contributed by atoms with Gasteiger partial charge in [0.1, 0.15) is 17.4 Å². The smallest absolute Gasteiger partial charge is 0.439 e. The highest BCUT2D eigenvalue weighted by Crippen LogP contribution is 2.27. The van der Waals surface area contributed by atoms with E-state index >= 15 is 0 Å². The van der Waals surface area contributed by atoms with Crippen molar-refractivity contribution in [2.75, 3.05) is 0 Å². The fourth-order valence-corrected chi connectivity index (χ4v) is 2.29. The van der Waals surface area contributed by atoms with Gasteiger partial charge in [-0.1, -0.05) is 12.1 Å². The molecular formula is C16H10F3N3O5. The van der Waals surface area contributed by atoms with Crippen LogP contribution >= 0.6 is 0 Å². The minimum absolute atomic E-state index is 0.0102. The Balaban J connectivity index is 1.68. The van der Waals surface area contributed by atoms with E-state index in [-0.39, 0.29) is 11.6 Å². The SMILES string of the molecule is O=C1NC(=O)C(c2ccc(Oc3ccc(OC(F)(F)F)cn3)cc2)C(=O)N1. The van der Waals surface area contributed by atoms with Crippen LogP contribution in [0.2, 0.25) is 0 Å². The zero-order valence-corrected chi connectivity index (χ0v) is 13.2. The lowest BCUT2D eigenvalue weighted by atomic mass is 9.96. The van der Waals surface area contributed by atoms with Gasteiger partial charge in [0.15, 0.2) is 0 Å². The number of halogens is 3. The number of alkyl halides is 3. The number of urea groups is 1. The van der Waals surface area contributed by atoms with E-state index in [1.807, 2.05) is 10.6 Å². The van der Waals surface area contributed by atoms with Crippen molar-refractivity contribution in [1.29, 1.82) is 0 Å². The number of rotatable bonds is 4. The van der Waals surface area contributed by atoms with E-state index < -0.39 is 35.9 Å². The first-order chi connectivity index (χ1) is 12.7. The van der Waals surface area contributed by atoms with Crippen LogP contribution in [-0.2, 0) is 9.59 Å². The van der Waals surface area contributed by atoms with Crippen molar-refractivity contribution in [1.82, 2.24) is 15.6 Å². The first-order valence-electron chi connectivity index (χ1n) is 7.36. The molecule has 0 saturated carbocycles. The molecule has 1 aliphatic heterocycles. The number of nitrogens with one attached hydrogen (secondary N) is 2. The number of hydrogen-bond acceptors (Lipinski definition) is 6. The molecule has 0 aliphatic carbocycles. The molecule has 4 amide bonds. The summed E-state index contributed by atoms with van der Waals surface area (Å²) < 4.78 is 45.4. The summed E-state index contributed by atoms with van der Waals surface area (Å²) >= 11 is 0. The van der Waals surface area contributed by atoms with Crippen LogP contribution < -0.4 is 20.1 Å². The summed E-state index contributed by atoms with van der Waals surface area (Å²) in [6.07, 6.45) is -3.97. The Bertz CT molecular complexity index is 862. The first-order valence-corrected chi connectivity index (χ1v) is 7.36. The maximum Gasteiger partial charge on any atom is 0.573 e. The van der Waals surface area contributed by atoms with Crippen molar-refractivity contribution >= 4 is 17.8 Å². The molecule has 11 heteroatoms. The quantitative estimate of drug-likeness (QED) is 0.787. The largest absolute Gasteiger partial charge is 0.573 e. The van der Waals surface area contributed by atoms with Crippen molar-refractivity contribution < 1.29 is 37.0 Å². The molecule has 1 saturated heterocycles. The number of hydrogen-bond donors (Lipinski definition) is 2. The number of amides is 4. The predicted octanol–water partition coefficient (Wildman–Crippen LogP) is 2.22. The highest BCUT2D eigenvalue weighted by atomic mass is 19.4. The number of nitrogens with zero attached hydrogens (tertiary/aromatic N) is 1. The van der Waals surface area contributed by atoms with E-state index in [4.69, 9.17) is 4.74 Å². The fourth-order valence-electron chi connectivity index (χ4n) is 2.29. The Morgan fingerprint density at radius 1 is 0.889 bits per heavy atom. The summed E-state index contributed by atoms with van der Waals surface area (Å²) in [6.45, 7) is 0. The number of barbiturate groups is 1. The van der Waals surface area contributed by atoms with E-state index in [0.717, 1.165) is 12.3 Å². The Labute approximate surface area is 149 Å². The van der Waals surface area contributed by atoms with Gasteiger partial charge in [0, 0.05) is 6.07 Å². The molecule has 2 heterocycles. The first kappa shape index (κ1) is 18.2. The van der Waals surface area contributed by atoms with Crippen LogP contribution in [-0.4, -0.2) is 29.2 Å². The van der Waals surface area contributed by atoms with Crippen molar-refractivity contribution in [2.24, 2.45) is 0 Å². The molecule has 0 bridgehead atoms. The highest BCUT2D eigenvalue weighted by Gasteiger charge is 2.35. The minimum Gasteiger partial charge on any atom is -0.439 e. The maximum atomic E-state index is 12.1. The second-order valence-electron chi connectivity index (χ2n) is 5.29. The van der Waals surface area contributed by atoms with Gasteiger partial charge in [-0.15, -0.1) is 13.2 Å². The number of pyridine rings is 1. The Morgan fingerprint density at radius 3 is 2.00 bits per heavy atom. The summed E-state index contributed by atoms with van der Waals surface area (Å²) in [4.78, 5) is 38.3. The molecule has 1 aromatic carbocycles. The Kier molecular flexibility index (Phi) is 4.67. The molecule has 0 spiro atoms. The van der Waals surface area contributed by atoms with Gasteiger partial charge in [-0.2, -0.15) is 0 Å². The summed E-state index contributed by atoms with van der Waals surface area (Å²) in [6, 6.07) is 7.10. The highest BCUT2D eigenvalue weighted by molar-refractivity contribution is 6.19. The number of benzene rings is 1. The average Bonchev–Trinajstić information content (AvgIpc) is 2.56. The van der Waals surface area contributed by atoms with Gasteiger partial charge in [0.2, 0.25) is 17.7 Å². The standard InChI is InChI=1S/C16H10F3N3O5/c17-16(18,19)27-10-5-6-11(20-7-10)26-9-3-1-8(2-4-9)12-13(23)21-15(25)22-14(12)24/h1-7,12H,(H2,21,22,23,24,25). The molecule has 1 aromatic heterocycles. The third-order valence-electron chi connectivity index (χ3n) is 3.38. The molecular weight excluding hydrogens is 371 g/mol. The van der Waals surface area contributed by atoms with Gasteiger partial charge in [0.05, 0.1) is 6.20 Å². The molecule has 2 N–H and O–H groups in total. The van der Waals surface area contributed by atoms with Crippen LogP contribution in [0, 0.1) is 0 Å². The predicted molar refractivity (Wildman–Crippen MR) is 81.9 cm³/mol. The summed E-state index contributed by atoms with van der Waals surface area (Å²) in [5.41, 5.74) is 0.326. The van der Waals surface area contributed by atoms with Crippen LogP contribution in [0.1, 0.15) is 11.5 Å². The number of imide groups is 2. The number of ether oxygens (including phenoxy) is 2. The van der Waals surface area contributed by atoms with Crippen molar-refractivity contribution in [3.05, 3.63) is 48.2 Å². The average molecular weight is 381 g/mol. The van der Waals surface area contributed by atoms with Crippen LogP contribution in [0.25, 0.3) is 0 Å². The molecule has 1 fully saturated rings. The van der Waals surface area contributed by atoms with Gasteiger partial charge in [-0.25, -0.2) is 9.78 Å². The van der Waals surface area contributed by atoms with Crippen LogP contribution in [0.15, 0.2) is 42.6 Å². The fraction of sp³-hybridized carbons (Fsp3) is 0.125. The van der Waals surface area contributed by atoms with Gasteiger partial charge < -0.3 is 9.47 Å². The van der Waals surface area contributed by atoms with Crippen LogP contribution in [0.4, 0.5) is 18.0 Å².